The summed E-state index contributed by atoms with van der Waals surface area (Å²) in [5.74, 6) is -0.275. The largest absolute Gasteiger partial charge is 0.444 e. The third kappa shape index (κ3) is 4.92. The molecule has 0 atom stereocenters. The molecule has 0 bridgehead atoms. The standard InChI is InChI=1S/C27H30FN5O2/c1-27(2,3)35-26(34)32-19-8-10-20(11-9-19)33-16-31-23(17-4-6-18(28)7-5-17)24(33)21-12-14-29-25-22(21)13-15-30-25/h4-7,12-16,19-20H,8-11H2,1-3H3,(H,29,30)(H,32,34)/t19-,20+. The van der Waals surface area contributed by atoms with E-state index >= 15 is 0 Å². The number of H-pyrrole nitrogens is 1. The van der Waals surface area contributed by atoms with Crippen LogP contribution in [0.15, 0.2) is 55.1 Å². The van der Waals surface area contributed by atoms with Gasteiger partial charge in [0.25, 0.3) is 0 Å². The minimum absolute atomic E-state index is 0.0851. The number of carbonyl (C=O) groups excluding carboxylic acids is 1. The lowest BCUT2D eigenvalue weighted by Gasteiger charge is -2.31. The number of halogens is 1. The van der Waals surface area contributed by atoms with E-state index in [0.29, 0.717) is 0 Å². The topological polar surface area (TPSA) is 84.8 Å². The number of nitrogens with zero attached hydrogens (tertiary/aromatic N) is 3. The minimum Gasteiger partial charge on any atom is -0.444 e. The molecule has 0 unspecified atom stereocenters. The Bertz CT molecular complexity index is 1330. The maximum atomic E-state index is 13.6. The molecule has 35 heavy (non-hydrogen) atoms. The van der Waals surface area contributed by atoms with Gasteiger partial charge < -0.3 is 19.6 Å². The van der Waals surface area contributed by atoms with Gasteiger partial charge in [-0.2, -0.15) is 0 Å². The number of amides is 1. The molecule has 0 saturated heterocycles. The smallest absolute Gasteiger partial charge is 0.407 e. The van der Waals surface area contributed by atoms with Crippen molar-refractivity contribution in [3.63, 3.8) is 0 Å². The van der Waals surface area contributed by atoms with Crippen LogP contribution < -0.4 is 5.32 Å². The van der Waals surface area contributed by atoms with E-state index in [9.17, 15) is 9.18 Å². The predicted octanol–water partition coefficient (Wildman–Crippen LogP) is 6.24. The van der Waals surface area contributed by atoms with E-state index in [0.717, 1.165) is 59.2 Å². The van der Waals surface area contributed by atoms with Crippen LogP contribution in [0.1, 0.15) is 52.5 Å². The lowest BCUT2D eigenvalue weighted by Crippen LogP contribution is -2.41. The average molecular weight is 476 g/mol. The van der Waals surface area contributed by atoms with Crippen molar-refractivity contribution in [1.82, 2.24) is 24.8 Å². The van der Waals surface area contributed by atoms with E-state index in [2.05, 4.69) is 19.9 Å². The highest BCUT2D eigenvalue weighted by Gasteiger charge is 2.28. The molecule has 182 valence electrons. The highest BCUT2D eigenvalue weighted by Crippen LogP contribution is 2.39. The molecule has 1 aliphatic carbocycles. The molecule has 4 aromatic rings. The van der Waals surface area contributed by atoms with Crippen molar-refractivity contribution < 1.29 is 13.9 Å². The van der Waals surface area contributed by atoms with Gasteiger partial charge in [-0.1, -0.05) is 0 Å². The molecule has 0 radical (unpaired) electrons. The Balaban J connectivity index is 1.45. The molecule has 1 amide bonds. The first kappa shape index (κ1) is 23.1. The molecule has 1 fully saturated rings. The molecule has 2 N–H and O–H groups in total. The second-order valence-corrected chi connectivity index (χ2v) is 10.1. The molecule has 0 spiro atoms. The van der Waals surface area contributed by atoms with E-state index in [1.165, 1.54) is 12.1 Å². The third-order valence-electron chi connectivity index (χ3n) is 6.44. The summed E-state index contributed by atoms with van der Waals surface area (Å²) in [5, 5.41) is 4.03. The second-order valence-electron chi connectivity index (χ2n) is 10.1. The Hall–Kier alpha value is -3.68. The van der Waals surface area contributed by atoms with Crippen LogP contribution in [0, 0.1) is 5.82 Å². The summed E-state index contributed by atoms with van der Waals surface area (Å²) in [6.45, 7) is 5.59. The van der Waals surface area contributed by atoms with Gasteiger partial charge in [-0.05, 0) is 82.9 Å². The van der Waals surface area contributed by atoms with Crippen LogP contribution in [0.4, 0.5) is 9.18 Å². The zero-order valence-electron chi connectivity index (χ0n) is 20.2. The van der Waals surface area contributed by atoms with Crippen LogP contribution in [0.25, 0.3) is 33.5 Å². The van der Waals surface area contributed by atoms with Crippen molar-refractivity contribution in [1.29, 1.82) is 0 Å². The molecule has 1 saturated carbocycles. The zero-order valence-corrected chi connectivity index (χ0v) is 20.2. The molecular weight excluding hydrogens is 445 g/mol. The Morgan fingerprint density at radius 2 is 1.83 bits per heavy atom. The molecule has 1 aromatic carbocycles. The lowest BCUT2D eigenvalue weighted by molar-refractivity contribution is 0.0488. The van der Waals surface area contributed by atoms with Gasteiger partial charge in [-0.15, -0.1) is 0 Å². The van der Waals surface area contributed by atoms with Gasteiger partial charge in [0, 0.05) is 41.0 Å². The van der Waals surface area contributed by atoms with Crippen molar-refractivity contribution in [2.24, 2.45) is 0 Å². The number of ether oxygens (including phenoxy) is 1. The number of fused-ring (bicyclic) bond motifs is 1. The maximum absolute atomic E-state index is 13.6. The quantitative estimate of drug-likeness (QED) is 0.366. The first-order valence-corrected chi connectivity index (χ1v) is 12.0. The fourth-order valence-electron chi connectivity index (χ4n) is 4.86. The molecule has 3 aromatic heterocycles. The van der Waals surface area contributed by atoms with Crippen molar-refractivity contribution >= 4 is 17.1 Å². The number of hydrogen-bond donors (Lipinski definition) is 2. The van der Waals surface area contributed by atoms with Crippen LogP contribution in [0.5, 0.6) is 0 Å². The van der Waals surface area contributed by atoms with E-state index in [4.69, 9.17) is 9.72 Å². The van der Waals surface area contributed by atoms with E-state index in [1.807, 2.05) is 45.4 Å². The minimum atomic E-state index is -0.516. The van der Waals surface area contributed by atoms with Crippen LogP contribution in [0.2, 0.25) is 0 Å². The van der Waals surface area contributed by atoms with Gasteiger partial charge in [0.1, 0.15) is 17.1 Å². The molecule has 7 nitrogen and oxygen atoms in total. The predicted molar refractivity (Wildman–Crippen MR) is 133 cm³/mol. The van der Waals surface area contributed by atoms with Gasteiger partial charge >= 0.3 is 6.09 Å². The van der Waals surface area contributed by atoms with Crippen LogP contribution in [-0.4, -0.2) is 37.3 Å². The van der Waals surface area contributed by atoms with Gasteiger partial charge in [-0.3, -0.25) is 0 Å². The van der Waals surface area contributed by atoms with E-state index in [-0.39, 0.29) is 24.0 Å². The van der Waals surface area contributed by atoms with Crippen molar-refractivity contribution in [2.45, 2.75) is 64.1 Å². The summed E-state index contributed by atoms with van der Waals surface area (Å²) in [6, 6.07) is 10.8. The summed E-state index contributed by atoms with van der Waals surface area (Å²) in [6.07, 6.45) is 8.69. The Morgan fingerprint density at radius 1 is 1.09 bits per heavy atom. The highest BCUT2D eigenvalue weighted by atomic mass is 19.1. The van der Waals surface area contributed by atoms with Gasteiger partial charge in [0.2, 0.25) is 0 Å². The Morgan fingerprint density at radius 3 is 2.54 bits per heavy atom. The molecule has 3 heterocycles. The molecular formula is C27H30FN5O2. The number of aromatic nitrogens is 4. The van der Waals surface area contributed by atoms with Crippen molar-refractivity contribution in [3.8, 4) is 22.5 Å². The highest BCUT2D eigenvalue weighted by molar-refractivity contribution is 5.95. The molecule has 5 rings (SSSR count). The maximum Gasteiger partial charge on any atom is 0.407 e. The summed E-state index contributed by atoms with van der Waals surface area (Å²) in [5.41, 5.74) is 3.99. The summed E-state index contributed by atoms with van der Waals surface area (Å²) in [4.78, 5) is 24.6. The first-order valence-electron chi connectivity index (χ1n) is 12.0. The molecule has 1 aliphatic rings. The van der Waals surface area contributed by atoms with Crippen molar-refractivity contribution in [2.75, 3.05) is 0 Å². The SMILES string of the molecule is CC(C)(C)OC(=O)N[C@H]1CC[C@@H](n2cnc(-c3ccc(F)cc3)c2-c2ccnc3[nH]ccc23)CC1. The zero-order chi connectivity index (χ0) is 24.6. The summed E-state index contributed by atoms with van der Waals surface area (Å²) >= 11 is 0. The first-order chi connectivity index (χ1) is 16.8. The monoisotopic (exact) mass is 475 g/mol. The Kier molecular flexibility index (Phi) is 6.05. The number of benzene rings is 1. The number of pyridine rings is 1. The van der Waals surface area contributed by atoms with Crippen LogP contribution >= 0.6 is 0 Å². The third-order valence-corrected chi connectivity index (χ3v) is 6.44. The van der Waals surface area contributed by atoms with Crippen LogP contribution in [-0.2, 0) is 4.74 Å². The molecule has 8 heteroatoms. The number of imidazole rings is 1. The molecule has 0 aliphatic heterocycles. The number of nitrogens with one attached hydrogen (secondary N) is 2. The van der Waals surface area contributed by atoms with Gasteiger partial charge in [0.05, 0.1) is 17.7 Å². The van der Waals surface area contributed by atoms with E-state index < -0.39 is 5.60 Å². The Labute approximate surface area is 203 Å². The number of hydrogen-bond acceptors (Lipinski definition) is 4. The number of alkyl carbamates (subject to hydrolysis) is 1. The summed E-state index contributed by atoms with van der Waals surface area (Å²) < 4.78 is 21.3. The normalized spacial score (nSPS) is 18.5. The number of aromatic amines is 1. The van der Waals surface area contributed by atoms with Gasteiger partial charge in [-0.25, -0.2) is 19.2 Å². The number of carbonyl (C=O) groups is 1. The fourth-order valence-corrected chi connectivity index (χ4v) is 4.86. The fraction of sp³-hybridized carbons (Fsp3) is 0.370. The summed E-state index contributed by atoms with van der Waals surface area (Å²) in [7, 11) is 0. The second kappa shape index (κ2) is 9.17. The average Bonchev–Trinajstić information content (AvgIpc) is 3.46. The number of rotatable bonds is 4. The van der Waals surface area contributed by atoms with Gasteiger partial charge in [0.15, 0.2) is 0 Å². The van der Waals surface area contributed by atoms with Crippen LogP contribution in [0.3, 0.4) is 0 Å². The van der Waals surface area contributed by atoms with Crippen molar-refractivity contribution in [3.05, 3.63) is 60.9 Å². The van der Waals surface area contributed by atoms with E-state index in [1.54, 1.807) is 18.3 Å². The lowest BCUT2D eigenvalue weighted by atomic mass is 9.90.